The number of benzene rings is 1. The summed E-state index contributed by atoms with van der Waals surface area (Å²) in [6.45, 7) is 3.22. The predicted octanol–water partition coefficient (Wildman–Crippen LogP) is 3.80. The smallest absolute Gasteiger partial charge is 0.416 e. The number of rotatable bonds is 6. The van der Waals surface area contributed by atoms with Gasteiger partial charge in [-0.15, -0.1) is 0 Å². The van der Waals surface area contributed by atoms with Gasteiger partial charge >= 0.3 is 12.1 Å². The monoisotopic (exact) mass is 304 g/mol. The Hall–Kier alpha value is -1.56. The molecule has 0 bridgehead atoms. The summed E-state index contributed by atoms with van der Waals surface area (Å²) in [4.78, 5) is 11.3. The van der Waals surface area contributed by atoms with Crippen LogP contribution in [0, 0.1) is 5.92 Å². The Bertz CT molecular complexity index is 478. The van der Waals surface area contributed by atoms with Gasteiger partial charge in [0.2, 0.25) is 0 Å². The minimum Gasteiger partial charge on any atom is -0.481 e. The van der Waals surface area contributed by atoms with Crippen LogP contribution in [0.1, 0.15) is 44.2 Å². The van der Waals surface area contributed by atoms with Crippen LogP contribution in [0.2, 0.25) is 0 Å². The predicted molar refractivity (Wildman–Crippen MR) is 71.7 cm³/mol. The van der Waals surface area contributed by atoms with E-state index < -0.39 is 29.2 Å². The van der Waals surface area contributed by atoms with E-state index in [-0.39, 0.29) is 12.0 Å². The maximum Gasteiger partial charge on any atom is 0.416 e. The van der Waals surface area contributed by atoms with Crippen molar-refractivity contribution in [2.45, 2.75) is 44.9 Å². The molecule has 1 rings (SSSR count). The first-order valence-electron chi connectivity index (χ1n) is 6.73. The van der Waals surface area contributed by atoms with Crippen LogP contribution in [0.25, 0.3) is 0 Å². The SMILES string of the molecule is CCCCC(C(=O)O)C(C)(O)c1ccc(C(F)(F)F)cc1. The highest BCUT2D eigenvalue weighted by molar-refractivity contribution is 5.72. The third-order valence-corrected chi connectivity index (χ3v) is 3.62. The van der Waals surface area contributed by atoms with E-state index in [4.69, 9.17) is 0 Å². The van der Waals surface area contributed by atoms with Gasteiger partial charge in [0.25, 0.3) is 0 Å². The van der Waals surface area contributed by atoms with Crippen molar-refractivity contribution in [3.63, 3.8) is 0 Å². The molecule has 0 fully saturated rings. The quantitative estimate of drug-likeness (QED) is 0.840. The molecule has 3 nitrogen and oxygen atoms in total. The molecule has 6 heteroatoms. The first-order chi connectivity index (χ1) is 9.60. The largest absolute Gasteiger partial charge is 0.481 e. The number of aliphatic carboxylic acids is 1. The Morgan fingerprint density at radius 2 is 1.67 bits per heavy atom. The van der Waals surface area contributed by atoms with E-state index in [1.54, 1.807) is 0 Å². The minimum absolute atomic E-state index is 0.166. The molecular weight excluding hydrogens is 285 g/mol. The molecule has 2 unspecified atom stereocenters. The fourth-order valence-electron chi connectivity index (χ4n) is 2.25. The second-order valence-electron chi connectivity index (χ2n) is 5.26. The molecule has 2 atom stereocenters. The molecule has 0 saturated carbocycles. The number of unbranched alkanes of at least 4 members (excludes halogenated alkanes) is 1. The fraction of sp³-hybridized carbons (Fsp3) is 0.533. The molecule has 0 spiro atoms. The van der Waals surface area contributed by atoms with E-state index in [2.05, 4.69) is 0 Å². The highest BCUT2D eigenvalue weighted by atomic mass is 19.4. The lowest BCUT2D eigenvalue weighted by molar-refractivity contribution is -0.152. The second-order valence-corrected chi connectivity index (χ2v) is 5.26. The van der Waals surface area contributed by atoms with Gasteiger partial charge in [-0.1, -0.05) is 31.9 Å². The normalized spacial score (nSPS) is 16.3. The standard InChI is InChI=1S/C15H19F3O3/c1-3-4-5-12(13(19)20)14(2,21)10-6-8-11(9-7-10)15(16,17)18/h6-9,12,21H,3-5H2,1-2H3,(H,19,20). The summed E-state index contributed by atoms with van der Waals surface area (Å²) in [5.74, 6) is -2.22. The van der Waals surface area contributed by atoms with Gasteiger partial charge in [-0.05, 0) is 31.0 Å². The number of carboxylic acid groups (broad SMARTS) is 1. The Labute approximate surface area is 121 Å². The summed E-state index contributed by atoms with van der Waals surface area (Å²) in [7, 11) is 0. The first kappa shape index (κ1) is 17.5. The van der Waals surface area contributed by atoms with Gasteiger partial charge < -0.3 is 10.2 Å². The topological polar surface area (TPSA) is 57.5 Å². The van der Waals surface area contributed by atoms with Crippen LogP contribution in [0.4, 0.5) is 13.2 Å². The molecule has 0 radical (unpaired) electrons. The summed E-state index contributed by atoms with van der Waals surface area (Å²) in [5.41, 5.74) is -2.38. The zero-order valence-corrected chi connectivity index (χ0v) is 11.9. The Morgan fingerprint density at radius 1 is 1.19 bits per heavy atom. The summed E-state index contributed by atoms with van der Waals surface area (Å²) in [6, 6.07) is 3.96. The molecule has 21 heavy (non-hydrogen) atoms. The van der Waals surface area contributed by atoms with Crippen molar-refractivity contribution in [2.75, 3.05) is 0 Å². The van der Waals surface area contributed by atoms with Gasteiger partial charge in [0.15, 0.2) is 0 Å². The number of hydrogen-bond acceptors (Lipinski definition) is 2. The molecule has 0 amide bonds. The van der Waals surface area contributed by atoms with E-state index in [9.17, 15) is 28.2 Å². The number of halogens is 3. The number of carboxylic acids is 1. The average molecular weight is 304 g/mol. The fourth-order valence-corrected chi connectivity index (χ4v) is 2.25. The molecule has 0 aliphatic carbocycles. The van der Waals surface area contributed by atoms with Crippen molar-refractivity contribution in [3.05, 3.63) is 35.4 Å². The first-order valence-corrected chi connectivity index (χ1v) is 6.73. The van der Waals surface area contributed by atoms with Gasteiger partial charge in [0.05, 0.1) is 11.5 Å². The van der Waals surface area contributed by atoms with Crippen LogP contribution < -0.4 is 0 Å². The van der Waals surface area contributed by atoms with Crippen molar-refractivity contribution >= 4 is 5.97 Å². The zero-order chi connectivity index (χ0) is 16.3. The zero-order valence-electron chi connectivity index (χ0n) is 11.9. The number of aliphatic hydroxyl groups is 1. The van der Waals surface area contributed by atoms with Gasteiger partial charge in [-0.25, -0.2) is 0 Å². The van der Waals surface area contributed by atoms with Crippen molar-refractivity contribution < 1.29 is 28.2 Å². The molecular formula is C15H19F3O3. The molecule has 1 aromatic rings. The Kier molecular flexibility index (Phi) is 5.39. The molecule has 0 aliphatic rings. The van der Waals surface area contributed by atoms with Crippen LogP contribution in [0.15, 0.2) is 24.3 Å². The lowest BCUT2D eigenvalue weighted by Crippen LogP contribution is -2.37. The van der Waals surface area contributed by atoms with Gasteiger partial charge in [-0.2, -0.15) is 13.2 Å². The maximum absolute atomic E-state index is 12.5. The van der Waals surface area contributed by atoms with Crippen molar-refractivity contribution in [1.82, 2.24) is 0 Å². The number of alkyl halides is 3. The summed E-state index contributed by atoms with van der Waals surface area (Å²) >= 11 is 0. The molecule has 0 heterocycles. The Balaban J connectivity index is 3.07. The molecule has 0 saturated heterocycles. The van der Waals surface area contributed by atoms with E-state index >= 15 is 0 Å². The van der Waals surface area contributed by atoms with E-state index in [0.29, 0.717) is 6.42 Å². The molecule has 0 aliphatic heterocycles. The van der Waals surface area contributed by atoms with Gasteiger partial charge in [-0.3, -0.25) is 4.79 Å². The minimum atomic E-state index is -4.46. The van der Waals surface area contributed by atoms with E-state index in [1.807, 2.05) is 6.92 Å². The molecule has 0 aromatic heterocycles. The summed E-state index contributed by atoms with van der Waals surface area (Å²) < 4.78 is 37.5. The summed E-state index contributed by atoms with van der Waals surface area (Å²) in [6.07, 6.45) is -2.81. The van der Waals surface area contributed by atoms with Crippen LogP contribution in [0.5, 0.6) is 0 Å². The molecule has 118 valence electrons. The third kappa shape index (κ3) is 4.20. The van der Waals surface area contributed by atoms with Crippen molar-refractivity contribution in [2.24, 2.45) is 5.92 Å². The van der Waals surface area contributed by atoms with Crippen molar-refractivity contribution in [3.8, 4) is 0 Å². The number of carbonyl (C=O) groups is 1. The second kappa shape index (κ2) is 6.47. The lowest BCUT2D eigenvalue weighted by Gasteiger charge is -2.30. The van der Waals surface area contributed by atoms with Crippen LogP contribution in [0.3, 0.4) is 0 Å². The van der Waals surface area contributed by atoms with Crippen LogP contribution in [-0.2, 0) is 16.6 Å². The highest BCUT2D eigenvalue weighted by Gasteiger charge is 2.39. The van der Waals surface area contributed by atoms with Gasteiger partial charge in [0.1, 0.15) is 5.60 Å². The van der Waals surface area contributed by atoms with Crippen LogP contribution >= 0.6 is 0 Å². The average Bonchev–Trinajstić information content (AvgIpc) is 2.37. The van der Waals surface area contributed by atoms with Crippen LogP contribution in [-0.4, -0.2) is 16.2 Å². The summed E-state index contributed by atoms with van der Waals surface area (Å²) in [5, 5.41) is 19.7. The van der Waals surface area contributed by atoms with Crippen molar-refractivity contribution in [1.29, 1.82) is 0 Å². The van der Waals surface area contributed by atoms with E-state index in [1.165, 1.54) is 6.92 Å². The maximum atomic E-state index is 12.5. The molecule has 1 aromatic carbocycles. The Morgan fingerprint density at radius 3 is 2.05 bits per heavy atom. The molecule has 2 N–H and O–H groups in total. The highest BCUT2D eigenvalue weighted by Crippen LogP contribution is 2.35. The van der Waals surface area contributed by atoms with Gasteiger partial charge in [0, 0.05) is 0 Å². The number of hydrogen-bond donors (Lipinski definition) is 2. The lowest BCUT2D eigenvalue weighted by atomic mass is 9.80. The third-order valence-electron chi connectivity index (χ3n) is 3.62. The van der Waals surface area contributed by atoms with E-state index in [0.717, 1.165) is 30.7 Å².